The molecule has 128 valence electrons. The number of halogens is 1. The number of thiazole rings is 1. The van der Waals surface area contributed by atoms with Gasteiger partial charge in [0.2, 0.25) is 5.91 Å². The fraction of sp³-hybridized carbons (Fsp3) is 0.167. The lowest BCUT2D eigenvalue weighted by Gasteiger charge is -2.02. The van der Waals surface area contributed by atoms with Crippen LogP contribution in [0.4, 0.5) is 5.13 Å². The van der Waals surface area contributed by atoms with Crippen LogP contribution in [-0.2, 0) is 11.2 Å². The van der Waals surface area contributed by atoms with E-state index in [1.807, 2.05) is 31.2 Å². The number of hydrogen-bond donors (Lipinski definition) is 1. The van der Waals surface area contributed by atoms with Crippen LogP contribution in [0.2, 0.25) is 5.15 Å². The fourth-order valence-corrected chi connectivity index (χ4v) is 3.29. The van der Waals surface area contributed by atoms with E-state index >= 15 is 0 Å². The van der Waals surface area contributed by atoms with Crippen LogP contribution >= 0.6 is 22.9 Å². The van der Waals surface area contributed by atoms with Crippen molar-refractivity contribution in [3.8, 4) is 17.0 Å². The number of methoxy groups -OCH3 is 1. The Hall–Kier alpha value is -2.44. The van der Waals surface area contributed by atoms with Crippen molar-refractivity contribution in [2.75, 3.05) is 12.4 Å². The zero-order valence-electron chi connectivity index (χ0n) is 13.7. The van der Waals surface area contributed by atoms with Gasteiger partial charge in [-0.3, -0.25) is 4.79 Å². The van der Waals surface area contributed by atoms with Crippen molar-refractivity contribution in [1.29, 1.82) is 0 Å². The molecule has 0 bridgehead atoms. The van der Waals surface area contributed by atoms with E-state index in [1.165, 1.54) is 11.3 Å². The van der Waals surface area contributed by atoms with Crippen molar-refractivity contribution in [2.24, 2.45) is 0 Å². The second-order valence-corrected chi connectivity index (χ2v) is 6.96. The summed E-state index contributed by atoms with van der Waals surface area (Å²) in [5.41, 5.74) is 2.64. The number of benzene rings is 1. The molecule has 25 heavy (non-hydrogen) atoms. The molecule has 2 heterocycles. The summed E-state index contributed by atoms with van der Waals surface area (Å²) in [5.74, 6) is 0.654. The van der Waals surface area contributed by atoms with E-state index in [0.29, 0.717) is 10.3 Å². The van der Waals surface area contributed by atoms with Gasteiger partial charge < -0.3 is 10.1 Å². The minimum absolute atomic E-state index is 0.140. The Balaban J connectivity index is 1.71. The lowest BCUT2D eigenvalue weighted by molar-refractivity contribution is -0.115. The molecule has 0 radical (unpaired) electrons. The maximum Gasteiger partial charge on any atom is 0.230 e. The number of hydrogen-bond acceptors (Lipinski definition) is 5. The zero-order chi connectivity index (χ0) is 17.8. The van der Waals surface area contributed by atoms with Gasteiger partial charge in [-0.2, -0.15) is 0 Å². The molecule has 0 aliphatic carbocycles. The number of nitrogens with zero attached hydrogens (tertiary/aromatic N) is 2. The number of carbonyl (C=O) groups excluding carboxylic acids is 1. The molecule has 1 N–H and O–H groups in total. The molecule has 3 aromatic rings. The molecule has 2 aromatic heterocycles. The Bertz CT molecular complexity index is 876. The molecule has 5 nitrogen and oxygen atoms in total. The highest BCUT2D eigenvalue weighted by molar-refractivity contribution is 7.16. The van der Waals surface area contributed by atoms with Crippen molar-refractivity contribution in [3.05, 3.63) is 58.2 Å². The van der Waals surface area contributed by atoms with E-state index in [1.54, 1.807) is 25.4 Å². The van der Waals surface area contributed by atoms with E-state index < -0.39 is 0 Å². The molecule has 0 aliphatic heterocycles. The topological polar surface area (TPSA) is 64.1 Å². The summed E-state index contributed by atoms with van der Waals surface area (Å²) in [7, 11) is 1.63. The van der Waals surface area contributed by atoms with E-state index in [9.17, 15) is 4.79 Å². The number of ether oxygens (including phenoxy) is 1. The van der Waals surface area contributed by atoms with Crippen LogP contribution in [0.1, 0.15) is 10.4 Å². The largest absolute Gasteiger partial charge is 0.497 e. The molecule has 0 unspecified atom stereocenters. The van der Waals surface area contributed by atoms with Gasteiger partial charge in [0.05, 0.1) is 19.2 Å². The molecule has 7 heteroatoms. The third-order valence-electron chi connectivity index (χ3n) is 3.56. The highest BCUT2D eigenvalue weighted by Gasteiger charge is 2.12. The summed E-state index contributed by atoms with van der Waals surface area (Å²) >= 11 is 7.20. The minimum atomic E-state index is -0.140. The Morgan fingerprint density at radius 3 is 2.64 bits per heavy atom. The number of carbonyl (C=O) groups is 1. The first-order valence-electron chi connectivity index (χ1n) is 7.57. The molecule has 3 rings (SSSR count). The second-order valence-electron chi connectivity index (χ2n) is 5.37. The Kier molecular flexibility index (Phi) is 5.31. The Morgan fingerprint density at radius 1 is 1.24 bits per heavy atom. The monoisotopic (exact) mass is 373 g/mol. The van der Waals surface area contributed by atoms with Gasteiger partial charge in [-0.1, -0.05) is 17.7 Å². The first kappa shape index (κ1) is 17.4. The third kappa shape index (κ3) is 4.35. The van der Waals surface area contributed by atoms with E-state index in [-0.39, 0.29) is 12.3 Å². The molecular formula is C18H16ClN3O2S. The van der Waals surface area contributed by atoms with Crippen LogP contribution in [-0.4, -0.2) is 23.0 Å². The van der Waals surface area contributed by atoms with Crippen LogP contribution in [0.25, 0.3) is 11.3 Å². The molecule has 0 saturated carbocycles. The Morgan fingerprint density at radius 2 is 2.00 bits per heavy atom. The van der Waals surface area contributed by atoms with Gasteiger partial charge in [0.15, 0.2) is 5.13 Å². The molecule has 0 saturated heterocycles. The standard InChI is InChI=1S/C18H16ClN3O2S/c1-11-17(13-4-6-14(24-2)7-5-13)22-18(25-11)21-16(23)9-12-3-8-15(19)20-10-12/h3-8,10H,9H2,1-2H3,(H,21,22,23). The summed E-state index contributed by atoms with van der Waals surface area (Å²) in [5, 5.41) is 3.83. The van der Waals surface area contributed by atoms with Crippen molar-refractivity contribution in [1.82, 2.24) is 9.97 Å². The number of amides is 1. The average molecular weight is 374 g/mol. The van der Waals surface area contributed by atoms with Crippen LogP contribution in [0.5, 0.6) is 5.75 Å². The normalized spacial score (nSPS) is 10.5. The average Bonchev–Trinajstić information content (AvgIpc) is 2.97. The van der Waals surface area contributed by atoms with Crippen molar-refractivity contribution in [2.45, 2.75) is 13.3 Å². The molecular weight excluding hydrogens is 358 g/mol. The number of rotatable bonds is 5. The van der Waals surface area contributed by atoms with Gasteiger partial charge in [-0.05, 0) is 42.8 Å². The predicted molar refractivity (Wildman–Crippen MR) is 100 cm³/mol. The van der Waals surface area contributed by atoms with Gasteiger partial charge in [0, 0.05) is 16.6 Å². The lowest BCUT2D eigenvalue weighted by Crippen LogP contribution is -2.14. The molecule has 0 fully saturated rings. The van der Waals surface area contributed by atoms with E-state index in [4.69, 9.17) is 16.3 Å². The van der Waals surface area contributed by atoms with E-state index in [2.05, 4.69) is 15.3 Å². The quantitative estimate of drug-likeness (QED) is 0.675. The lowest BCUT2D eigenvalue weighted by atomic mass is 10.1. The van der Waals surface area contributed by atoms with Crippen molar-refractivity contribution < 1.29 is 9.53 Å². The highest BCUT2D eigenvalue weighted by Crippen LogP contribution is 2.31. The third-order valence-corrected chi connectivity index (χ3v) is 4.67. The summed E-state index contributed by atoms with van der Waals surface area (Å²) in [4.78, 5) is 21.7. The van der Waals surface area contributed by atoms with Crippen LogP contribution < -0.4 is 10.1 Å². The number of aromatic nitrogens is 2. The number of anilines is 1. The summed E-state index contributed by atoms with van der Waals surface area (Å²) < 4.78 is 5.17. The highest BCUT2D eigenvalue weighted by atomic mass is 35.5. The first-order valence-corrected chi connectivity index (χ1v) is 8.77. The van der Waals surface area contributed by atoms with Gasteiger partial charge in [0.25, 0.3) is 0 Å². The SMILES string of the molecule is COc1ccc(-c2nc(NC(=O)Cc3ccc(Cl)nc3)sc2C)cc1. The van der Waals surface area contributed by atoms with Gasteiger partial charge in [-0.25, -0.2) is 9.97 Å². The first-order chi connectivity index (χ1) is 12.0. The molecule has 1 amide bonds. The van der Waals surface area contributed by atoms with Crippen LogP contribution in [0.3, 0.4) is 0 Å². The molecule has 0 spiro atoms. The predicted octanol–water partition coefficient (Wildman–Crippen LogP) is 4.36. The smallest absolute Gasteiger partial charge is 0.230 e. The van der Waals surface area contributed by atoms with Crippen molar-refractivity contribution in [3.63, 3.8) is 0 Å². The minimum Gasteiger partial charge on any atom is -0.497 e. The van der Waals surface area contributed by atoms with E-state index in [0.717, 1.165) is 27.4 Å². The van der Waals surface area contributed by atoms with Crippen LogP contribution in [0, 0.1) is 6.92 Å². The van der Waals surface area contributed by atoms with Crippen LogP contribution in [0.15, 0.2) is 42.6 Å². The summed E-state index contributed by atoms with van der Waals surface area (Å²) in [6.45, 7) is 1.98. The fourth-order valence-electron chi connectivity index (χ4n) is 2.33. The molecule has 1 aromatic carbocycles. The van der Waals surface area contributed by atoms with Gasteiger partial charge in [0.1, 0.15) is 10.9 Å². The second kappa shape index (κ2) is 7.63. The summed E-state index contributed by atoms with van der Waals surface area (Å²) in [6, 6.07) is 11.1. The Labute approximate surface area is 154 Å². The molecule has 0 atom stereocenters. The zero-order valence-corrected chi connectivity index (χ0v) is 15.3. The maximum absolute atomic E-state index is 12.2. The maximum atomic E-state index is 12.2. The number of nitrogens with one attached hydrogen (secondary N) is 1. The number of pyridine rings is 1. The number of aryl methyl sites for hydroxylation is 1. The summed E-state index contributed by atoms with van der Waals surface area (Å²) in [6.07, 6.45) is 1.82. The molecule has 0 aliphatic rings. The van der Waals surface area contributed by atoms with Gasteiger partial charge in [-0.15, -0.1) is 11.3 Å². The van der Waals surface area contributed by atoms with Gasteiger partial charge >= 0.3 is 0 Å². The van der Waals surface area contributed by atoms with Crippen molar-refractivity contribution >= 4 is 34.0 Å².